The van der Waals surface area contributed by atoms with Gasteiger partial charge in [-0.05, 0) is 44.2 Å². The predicted octanol–water partition coefficient (Wildman–Crippen LogP) is 4.05. The Balaban J connectivity index is 2.29. The second-order valence-corrected chi connectivity index (χ2v) is 5.07. The van der Waals surface area contributed by atoms with E-state index in [0.717, 1.165) is 5.56 Å². The first kappa shape index (κ1) is 15.8. The summed E-state index contributed by atoms with van der Waals surface area (Å²) in [4.78, 5) is 22.5. The number of esters is 1. The number of carbonyl (C=O) groups excluding carboxylic acids is 2. The largest absolute Gasteiger partial charge is 0.461 e. The van der Waals surface area contributed by atoms with E-state index >= 15 is 0 Å². The molecular formula is C18H18O4. The summed E-state index contributed by atoms with van der Waals surface area (Å²) in [5.41, 5.74) is 2.35. The van der Waals surface area contributed by atoms with Crippen molar-refractivity contribution in [2.24, 2.45) is 0 Å². The third kappa shape index (κ3) is 4.19. The number of benzene rings is 2. The number of aryl methyl sites for hydroxylation is 1. The van der Waals surface area contributed by atoms with Gasteiger partial charge in [0.1, 0.15) is 18.1 Å². The minimum absolute atomic E-state index is 0.0500. The topological polar surface area (TPSA) is 52.6 Å². The molecule has 2 aromatic rings. The summed E-state index contributed by atoms with van der Waals surface area (Å²) in [6.07, 6.45) is 0. The van der Waals surface area contributed by atoms with Crippen LogP contribution in [-0.2, 0) is 16.1 Å². The maximum atomic E-state index is 11.5. The van der Waals surface area contributed by atoms with E-state index in [-0.39, 0.29) is 18.4 Å². The molecule has 0 fully saturated rings. The van der Waals surface area contributed by atoms with Crippen LogP contribution < -0.4 is 4.74 Å². The number of ketones is 1. The highest BCUT2D eigenvalue weighted by Crippen LogP contribution is 2.27. The van der Waals surface area contributed by atoms with Crippen LogP contribution in [0, 0.1) is 6.92 Å². The van der Waals surface area contributed by atoms with Gasteiger partial charge in [-0.2, -0.15) is 0 Å². The van der Waals surface area contributed by atoms with Crippen LogP contribution in [0.5, 0.6) is 11.5 Å². The Hall–Kier alpha value is -2.62. The van der Waals surface area contributed by atoms with Gasteiger partial charge in [0.2, 0.25) is 0 Å². The fourth-order valence-electron chi connectivity index (χ4n) is 1.92. The second kappa shape index (κ2) is 6.89. The molecule has 2 rings (SSSR count). The molecule has 0 unspecified atom stereocenters. The van der Waals surface area contributed by atoms with Gasteiger partial charge in [-0.15, -0.1) is 0 Å². The molecule has 2 aromatic carbocycles. The van der Waals surface area contributed by atoms with Crippen molar-refractivity contribution in [2.45, 2.75) is 27.4 Å². The zero-order valence-corrected chi connectivity index (χ0v) is 12.9. The predicted molar refractivity (Wildman–Crippen MR) is 83.2 cm³/mol. The Kier molecular flexibility index (Phi) is 4.94. The minimum atomic E-state index is -0.380. The van der Waals surface area contributed by atoms with E-state index in [1.54, 1.807) is 18.2 Å². The van der Waals surface area contributed by atoms with Gasteiger partial charge in [-0.25, -0.2) is 0 Å². The van der Waals surface area contributed by atoms with Gasteiger partial charge in [0.15, 0.2) is 5.78 Å². The Morgan fingerprint density at radius 1 is 1.00 bits per heavy atom. The van der Waals surface area contributed by atoms with Gasteiger partial charge in [0, 0.05) is 18.1 Å². The Morgan fingerprint density at radius 2 is 1.68 bits per heavy atom. The first-order valence-corrected chi connectivity index (χ1v) is 6.97. The number of hydrogen-bond acceptors (Lipinski definition) is 4. The van der Waals surface area contributed by atoms with Gasteiger partial charge in [-0.3, -0.25) is 9.59 Å². The Bertz CT molecular complexity index is 687. The standard InChI is InChI=1S/C18H18O4/c1-12-4-7-17(8-5-12)22-18-9-6-15(13(2)19)10-16(18)11-21-14(3)20/h4-10H,11H2,1-3H3. The van der Waals surface area contributed by atoms with Crippen molar-refractivity contribution in [3.8, 4) is 11.5 Å². The normalized spacial score (nSPS) is 10.1. The van der Waals surface area contributed by atoms with Crippen LogP contribution in [0.2, 0.25) is 0 Å². The maximum absolute atomic E-state index is 11.5. The van der Waals surface area contributed by atoms with Crippen molar-refractivity contribution in [3.63, 3.8) is 0 Å². The van der Waals surface area contributed by atoms with Gasteiger partial charge in [-0.1, -0.05) is 17.7 Å². The van der Waals surface area contributed by atoms with Crippen LogP contribution in [-0.4, -0.2) is 11.8 Å². The van der Waals surface area contributed by atoms with Crippen molar-refractivity contribution >= 4 is 11.8 Å². The molecule has 0 aliphatic carbocycles. The number of rotatable bonds is 5. The molecule has 0 bridgehead atoms. The molecule has 0 saturated heterocycles. The lowest BCUT2D eigenvalue weighted by Crippen LogP contribution is -2.03. The highest BCUT2D eigenvalue weighted by atomic mass is 16.5. The molecule has 4 heteroatoms. The second-order valence-electron chi connectivity index (χ2n) is 5.07. The fourth-order valence-corrected chi connectivity index (χ4v) is 1.92. The van der Waals surface area contributed by atoms with Crippen molar-refractivity contribution in [1.29, 1.82) is 0 Å². The van der Waals surface area contributed by atoms with Crippen LogP contribution in [0.3, 0.4) is 0 Å². The molecule has 4 nitrogen and oxygen atoms in total. The lowest BCUT2D eigenvalue weighted by molar-refractivity contribution is -0.142. The average molecular weight is 298 g/mol. The highest BCUT2D eigenvalue weighted by Gasteiger charge is 2.10. The summed E-state index contributed by atoms with van der Waals surface area (Å²) in [6, 6.07) is 12.7. The lowest BCUT2D eigenvalue weighted by atomic mass is 10.1. The van der Waals surface area contributed by atoms with Crippen LogP contribution in [0.1, 0.15) is 35.3 Å². The molecule has 0 radical (unpaired) electrons. The molecule has 0 heterocycles. The van der Waals surface area contributed by atoms with E-state index in [1.165, 1.54) is 13.8 Å². The van der Waals surface area contributed by atoms with E-state index in [9.17, 15) is 9.59 Å². The third-order valence-electron chi connectivity index (χ3n) is 3.15. The van der Waals surface area contributed by atoms with Crippen LogP contribution in [0.4, 0.5) is 0 Å². The van der Waals surface area contributed by atoms with Gasteiger partial charge in [0.25, 0.3) is 0 Å². The molecule has 0 saturated carbocycles. The molecule has 0 atom stereocenters. The fraction of sp³-hybridized carbons (Fsp3) is 0.222. The Morgan fingerprint density at radius 3 is 2.27 bits per heavy atom. The number of Topliss-reactive ketones (excluding diaryl/α,β-unsaturated/α-hetero) is 1. The van der Waals surface area contributed by atoms with Gasteiger partial charge < -0.3 is 9.47 Å². The van der Waals surface area contributed by atoms with Crippen molar-refractivity contribution in [3.05, 3.63) is 59.2 Å². The van der Waals surface area contributed by atoms with E-state index in [0.29, 0.717) is 22.6 Å². The smallest absolute Gasteiger partial charge is 0.302 e. The summed E-state index contributed by atoms with van der Waals surface area (Å²) >= 11 is 0. The maximum Gasteiger partial charge on any atom is 0.302 e. The first-order chi connectivity index (χ1) is 10.5. The quantitative estimate of drug-likeness (QED) is 0.617. The van der Waals surface area contributed by atoms with Crippen molar-refractivity contribution in [2.75, 3.05) is 0 Å². The average Bonchev–Trinajstić information content (AvgIpc) is 2.48. The first-order valence-electron chi connectivity index (χ1n) is 6.97. The molecule has 114 valence electrons. The number of ether oxygens (including phenoxy) is 2. The third-order valence-corrected chi connectivity index (χ3v) is 3.15. The molecule has 0 amide bonds. The van der Waals surface area contributed by atoms with Gasteiger partial charge in [0.05, 0.1) is 0 Å². The van der Waals surface area contributed by atoms with E-state index in [1.807, 2.05) is 31.2 Å². The zero-order chi connectivity index (χ0) is 16.1. The van der Waals surface area contributed by atoms with E-state index in [4.69, 9.17) is 9.47 Å². The summed E-state index contributed by atoms with van der Waals surface area (Å²) in [5, 5.41) is 0. The zero-order valence-electron chi connectivity index (χ0n) is 12.9. The van der Waals surface area contributed by atoms with Gasteiger partial charge >= 0.3 is 5.97 Å². The van der Waals surface area contributed by atoms with Crippen LogP contribution in [0.25, 0.3) is 0 Å². The molecule has 0 aliphatic rings. The van der Waals surface area contributed by atoms with Crippen LogP contribution in [0.15, 0.2) is 42.5 Å². The Labute approximate surface area is 129 Å². The van der Waals surface area contributed by atoms with Crippen molar-refractivity contribution in [1.82, 2.24) is 0 Å². The lowest BCUT2D eigenvalue weighted by Gasteiger charge is -2.12. The van der Waals surface area contributed by atoms with Crippen molar-refractivity contribution < 1.29 is 19.1 Å². The monoisotopic (exact) mass is 298 g/mol. The molecule has 0 N–H and O–H groups in total. The van der Waals surface area contributed by atoms with E-state index in [2.05, 4.69) is 0 Å². The molecule has 0 spiro atoms. The van der Waals surface area contributed by atoms with E-state index < -0.39 is 0 Å². The SMILES string of the molecule is CC(=O)OCc1cc(C(C)=O)ccc1Oc1ccc(C)cc1. The minimum Gasteiger partial charge on any atom is -0.461 e. The molecule has 22 heavy (non-hydrogen) atoms. The highest BCUT2D eigenvalue weighted by molar-refractivity contribution is 5.94. The summed E-state index contributed by atoms with van der Waals surface area (Å²) in [5.74, 6) is 0.820. The molecule has 0 aromatic heterocycles. The molecular weight excluding hydrogens is 280 g/mol. The summed E-state index contributed by atoms with van der Waals surface area (Å²) in [7, 11) is 0. The van der Waals surface area contributed by atoms with Crippen LogP contribution >= 0.6 is 0 Å². The number of hydrogen-bond donors (Lipinski definition) is 0. The molecule has 0 aliphatic heterocycles. The summed E-state index contributed by atoms with van der Waals surface area (Å²) < 4.78 is 10.9. The number of carbonyl (C=O) groups is 2. The summed E-state index contributed by atoms with van der Waals surface area (Å²) in [6.45, 7) is 4.90.